The van der Waals surface area contributed by atoms with E-state index in [1.165, 1.54) is 50.5 Å². The van der Waals surface area contributed by atoms with Gasteiger partial charge in [-0.25, -0.2) is 0 Å². The molecule has 1 aliphatic rings. The zero-order valence-electron chi connectivity index (χ0n) is 12.8. The van der Waals surface area contributed by atoms with E-state index in [0.717, 1.165) is 17.8 Å². The first-order chi connectivity index (χ1) is 8.58. The van der Waals surface area contributed by atoms with E-state index >= 15 is 0 Å². The Morgan fingerprint density at radius 1 is 1.39 bits per heavy atom. The minimum atomic E-state index is 0.717. The van der Waals surface area contributed by atoms with Gasteiger partial charge in [0.25, 0.3) is 0 Å². The molecule has 0 bridgehead atoms. The Kier molecular flexibility index (Phi) is 6.75. The molecule has 0 saturated heterocycles. The largest absolute Gasteiger partial charge is 0.103 e. The van der Waals surface area contributed by atoms with E-state index in [-0.39, 0.29) is 0 Å². The van der Waals surface area contributed by atoms with Crippen LogP contribution in [-0.2, 0) is 0 Å². The molecule has 0 N–H and O–H groups in total. The van der Waals surface area contributed by atoms with Crippen molar-refractivity contribution in [2.24, 2.45) is 23.7 Å². The van der Waals surface area contributed by atoms with Crippen molar-refractivity contribution in [1.82, 2.24) is 0 Å². The average molecular weight is 248 g/mol. The van der Waals surface area contributed by atoms with E-state index in [0.29, 0.717) is 5.92 Å². The lowest BCUT2D eigenvalue weighted by Crippen LogP contribution is -2.22. The Balaban J connectivity index is 2.39. The van der Waals surface area contributed by atoms with Gasteiger partial charge in [0.15, 0.2) is 0 Å². The van der Waals surface area contributed by atoms with Crippen molar-refractivity contribution >= 4 is 0 Å². The van der Waals surface area contributed by atoms with Gasteiger partial charge in [-0.2, -0.15) is 0 Å². The molecule has 1 aliphatic carbocycles. The Labute approximate surface area is 115 Å². The molecule has 0 aromatic carbocycles. The van der Waals surface area contributed by atoms with Crippen molar-refractivity contribution in [3.8, 4) is 0 Å². The van der Waals surface area contributed by atoms with Gasteiger partial charge in [0, 0.05) is 0 Å². The van der Waals surface area contributed by atoms with Gasteiger partial charge < -0.3 is 0 Å². The molecule has 0 heterocycles. The lowest BCUT2D eigenvalue weighted by atomic mass is 9.72. The summed E-state index contributed by atoms with van der Waals surface area (Å²) in [6.07, 6.45) is 11.9. The molecule has 0 radical (unpaired) electrons. The van der Waals surface area contributed by atoms with Crippen LogP contribution in [-0.4, -0.2) is 0 Å². The summed E-state index contributed by atoms with van der Waals surface area (Å²) in [6, 6.07) is 0. The first-order valence-corrected chi connectivity index (χ1v) is 7.86. The third kappa shape index (κ3) is 4.63. The summed E-state index contributed by atoms with van der Waals surface area (Å²) in [7, 11) is 0. The SMILES string of the molecule is C=CC(CC)CC[C@H]1CCCC(C(C)C(=C)C)C1. The van der Waals surface area contributed by atoms with Crippen molar-refractivity contribution in [3.63, 3.8) is 0 Å². The smallest absolute Gasteiger partial charge is 0.0209 e. The minimum absolute atomic E-state index is 0.717. The second-order valence-electron chi connectivity index (χ2n) is 6.41. The molecule has 0 nitrogen and oxygen atoms in total. The molecule has 1 fully saturated rings. The van der Waals surface area contributed by atoms with Crippen molar-refractivity contribution in [3.05, 3.63) is 24.8 Å². The number of allylic oxidation sites excluding steroid dienone is 2. The number of rotatable bonds is 7. The van der Waals surface area contributed by atoms with Gasteiger partial charge in [-0.15, -0.1) is 6.58 Å². The van der Waals surface area contributed by atoms with Gasteiger partial charge in [0.2, 0.25) is 0 Å². The van der Waals surface area contributed by atoms with Gasteiger partial charge in [-0.3, -0.25) is 0 Å². The highest BCUT2D eigenvalue weighted by Gasteiger charge is 2.26. The molecular weight excluding hydrogens is 216 g/mol. The van der Waals surface area contributed by atoms with Crippen LogP contribution in [0.3, 0.4) is 0 Å². The summed E-state index contributed by atoms with van der Waals surface area (Å²) in [6.45, 7) is 14.9. The zero-order chi connectivity index (χ0) is 13.5. The van der Waals surface area contributed by atoms with Crippen LogP contribution in [0.25, 0.3) is 0 Å². The topological polar surface area (TPSA) is 0 Å². The van der Waals surface area contributed by atoms with Crippen LogP contribution in [0.15, 0.2) is 24.8 Å². The van der Waals surface area contributed by atoms with E-state index in [1.807, 2.05) is 0 Å². The van der Waals surface area contributed by atoms with Crippen LogP contribution in [0.4, 0.5) is 0 Å². The molecule has 104 valence electrons. The molecular formula is C18H32. The molecule has 0 heteroatoms. The maximum absolute atomic E-state index is 4.14. The highest BCUT2D eigenvalue weighted by Crippen LogP contribution is 2.38. The molecule has 0 aromatic heterocycles. The summed E-state index contributed by atoms with van der Waals surface area (Å²) < 4.78 is 0. The molecule has 0 aromatic rings. The van der Waals surface area contributed by atoms with Crippen LogP contribution in [0.5, 0.6) is 0 Å². The summed E-state index contributed by atoms with van der Waals surface area (Å²) in [4.78, 5) is 0. The van der Waals surface area contributed by atoms with E-state index in [4.69, 9.17) is 0 Å². The second kappa shape index (κ2) is 7.81. The van der Waals surface area contributed by atoms with E-state index in [1.54, 1.807) is 0 Å². The van der Waals surface area contributed by atoms with E-state index in [2.05, 4.69) is 40.0 Å². The summed E-state index contributed by atoms with van der Waals surface area (Å²) in [5, 5.41) is 0. The van der Waals surface area contributed by atoms with Crippen molar-refractivity contribution in [1.29, 1.82) is 0 Å². The van der Waals surface area contributed by atoms with Crippen molar-refractivity contribution in [2.75, 3.05) is 0 Å². The first kappa shape index (κ1) is 15.5. The Morgan fingerprint density at radius 3 is 2.67 bits per heavy atom. The summed E-state index contributed by atoms with van der Waals surface area (Å²) >= 11 is 0. The van der Waals surface area contributed by atoms with Crippen LogP contribution in [0, 0.1) is 23.7 Å². The van der Waals surface area contributed by atoms with Gasteiger partial charge >= 0.3 is 0 Å². The van der Waals surface area contributed by atoms with Gasteiger partial charge in [0.1, 0.15) is 0 Å². The molecule has 3 unspecified atom stereocenters. The molecule has 1 saturated carbocycles. The fraction of sp³-hybridized carbons (Fsp3) is 0.778. The first-order valence-electron chi connectivity index (χ1n) is 7.86. The summed E-state index contributed by atoms with van der Waals surface area (Å²) in [5.41, 5.74) is 1.37. The lowest BCUT2D eigenvalue weighted by molar-refractivity contribution is 0.208. The lowest BCUT2D eigenvalue weighted by Gasteiger charge is -2.33. The summed E-state index contributed by atoms with van der Waals surface area (Å²) in [5.74, 6) is 3.31. The Hall–Kier alpha value is -0.520. The average Bonchev–Trinajstić information content (AvgIpc) is 2.39. The Bertz CT molecular complexity index is 263. The van der Waals surface area contributed by atoms with Gasteiger partial charge in [-0.1, -0.05) is 44.9 Å². The van der Waals surface area contributed by atoms with Crippen LogP contribution in [0.1, 0.15) is 65.7 Å². The van der Waals surface area contributed by atoms with Crippen LogP contribution in [0.2, 0.25) is 0 Å². The van der Waals surface area contributed by atoms with Gasteiger partial charge in [-0.05, 0) is 62.7 Å². The second-order valence-corrected chi connectivity index (χ2v) is 6.41. The predicted octanol–water partition coefficient (Wildman–Crippen LogP) is 6.00. The quantitative estimate of drug-likeness (QED) is 0.485. The van der Waals surface area contributed by atoms with Gasteiger partial charge in [0.05, 0.1) is 0 Å². The standard InChI is InChI=1S/C18H32/c1-6-16(7-2)11-12-17-9-8-10-18(13-17)15(5)14(3)4/h6,15-18H,1,3,7-13H2,2,4-5H3/t15?,16?,17-,18?/m1/s1. The predicted molar refractivity (Wildman–Crippen MR) is 82.6 cm³/mol. The molecule has 18 heavy (non-hydrogen) atoms. The maximum atomic E-state index is 4.14. The van der Waals surface area contributed by atoms with Crippen LogP contribution >= 0.6 is 0 Å². The Morgan fingerprint density at radius 2 is 2.11 bits per heavy atom. The molecule has 0 aliphatic heterocycles. The highest BCUT2D eigenvalue weighted by atomic mass is 14.3. The molecule has 0 amide bonds. The van der Waals surface area contributed by atoms with Crippen molar-refractivity contribution in [2.45, 2.75) is 65.7 Å². The van der Waals surface area contributed by atoms with E-state index < -0.39 is 0 Å². The normalized spacial score (nSPS) is 27.5. The highest BCUT2D eigenvalue weighted by molar-refractivity contribution is 4.98. The van der Waals surface area contributed by atoms with Crippen LogP contribution < -0.4 is 0 Å². The van der Waals surface area contributed by atoms with Crippen molar-refractivity contribution < 1.29 is 0 Å². The number of hydrogen-bond donors (Lipinski definition) is 0. The fourth-order valence-electron chi connectivity index (χ4n) is 3.39. The molecule has 4 atom stereocenters. The fourth-order valence-corrected chi connectivity index (χ4v) is 3.39. The monoisotopic (exact) mass is 248 g/mol. The van der Waals surface area contributed by atoms with E-state index in [9.17, 15) is 0 Å². The minimum Gasteiger partial charge on any atom is -0.103 e. The third-order valence-corrected chi connectivity index (χ3v) is 5.11. The maximum Gasteiger partial charge on any atom is -0.0209 e. The third-order valence-electron chi connectivity index (χ3n) is 5.11. The zero-order valence-corrected chi connectivity index (χ0v) is 12.8. The molecule has 1 rings (SSSR count). The number of hydrogen-bond acceptors (Lipinski definition) is 0. The molecule has 0 spiro atoms.